The predicted octanol–water partition coefficient (Wildman–Crippen LogP) is 15.7. The summed E-state index contributed by atoms with van der Waals surface area (Å²) in [7, 11) is 0. The van der Waals surface area contributed by atoms with E-state index >= 15 is 0 Å². The van der Waals surface area contributed by atoms with Crippen molar-refractivity contribution in [2.45, 2.75) is 6.42 Å². The standard InChI is InChI=1S/C57H36/c1-2-16-36(17-3-1)40-28-14-31-48(46-30-15-29-41-39-19-5-4-18-37(39)34-53(41)46)56(40)57-51-26-12-10-24-49(51)55(50-25-11-13-27-52(50)57)38-32-33-47-44-22-7-6-20-42(44)43-21-8-9-23-45(43)54(47)35-38/h1-33,35H,34H2. The Morgan fingerprint density at radius 2 is 0.667 bits per heavy atom. The fourth-order valence-corrected chi connectivity index (χ4v) is 10.1. The number of hydrogen-bond acceptors (Lipinski definition) is 0. The van der Waals surface area contributed by atoms with Gasteiger partial charge in [0.15, 0.2) is 0 Å². The minimum absolute atomic E-state index is 0.934. The highest BCUT2D eigenvalue weighted by Gasteiger charge is 2.26. The van der Waals surface area contributed by atoms with E-state index in [1.165, 1.54) is 121 Å². The van der Waals surface area contributed by atoms with Crippen LogP contribution < -0.4 is 0 Å². The number of rotatable bonds is 4. The van der Waals surface area contributed by atoms with E-state index in [0.29, 0.717) is 0 Å². The third-order valence-corrected chi connectivity index (χ3v) is 12.5. The number of benzene rings is 11. The summed E-state index contributed by atoms with van der Waals surface area (Å²) < 4.78 is 0. The lowest BCUT2D eigenvalue weighted by molar-refractivity contribution is 1.26. The molecule has 0 unspecified atom stereocenters. The van der Waals surface area contributed by atoms with Crippen molar-refractivity contribution in [1.29, 1.82) is 0 Å². The van der Waals surface area contributed by atoms with Gasteiger partial charge in [-0.25, -0.2) is 0 Å². The molecular weight excluding hydrogens is 685 g/mol. The van der Waals surface area contributed by atoms with Gasteiger partial charge in [-0.15, -0.1) is 0 Å². The van der Waals surface area contributed by atoms with Crippen molar-refractivity contribution in [3.8, 4) is 55.6 Å². The first-order valence-corrected chi connectivity index (χ1v) is 20.0. The molecule has 0 saturated carbocycles. The van der Waals surface area contributed by atoms with Crippen molar-refractivity contribution in [2.24, 2.45) is 0 Å². The maximum absolute atomic E-state index is 2.45. The van der Waals surface area contributed by atoms with Gasteiger partial charge in [-0.1, -0.05) is 200 Å². The lowest BCUT2D eigenvalue weighted by atomic mass is 9.80. The molecule has 0 saturated heterocycles. The van der Waals surface area contributed by atoms with Crippen LogP contribution in [0.1, 0.15) is 11.1 Å². The largest absolute Gasteiger partial charge is 0.0622 e. The van der Waals surface area contributed by atoms with Crippen LogP contribution in [0.2, 0.25) is 0 Å². The fourth-order valence-electron chi connectivity index (χ4n) is 10.1. The molecule has 0 amide bonds. The summed E-state index contributed by atoms with van der Waals surface area (Å²) in [4.78, 5) is 0. The Balaban J connectivity index is 1.19. The van der Waals surface area contributed by atoms with Crippen molar-refractivity contribution in [3.05, 3.63) is 217 Å². The minimum atomic E-state index is 0.934. The first-order chi connectivity index (χ1) is 28.3. The molecule has 0 aromatic heterocycles. The van der Waals surface area contributed by atoms with Crippen molar-refractivity contribution in [1.82, 2.24) is 0 Å². The van der Waals surface area contributed by atoms with E-state index in [1.807, 2.05) is 0 Å². The van der Waals surface area contributed by atoms with E-state index in [0.717, 1.165) is 6.42 Å². The van der Waals surface area contributed by atoms with Crippen LogP contribution in [0.25, 0.3) is 109 Å². The zero-order valence-electron chi connectivity index (χ0n) is 31.3. The summed E-state index contributed by atoms with van der Waals surface area (Å²) in [5, 5.41) is 12.8. The molecule has 11 aromatic carbocycles. The van der Waals surface area contributed by atoms with Gasteiger partial charge in [-0.2, -0.15) is 0 Å². The van der Waals surface area contributed by atoms with Gasteiger partial charge in [0, 0.05) is 0 Å². The monoisotopic (exact) mass is 720 g/mol. The molecule has 0 aliphatic heterocycles. The van der Waals surface area contributed by atoms with Crippen molar-refractivity contribution in [2.75, 3.05) is 0 Å². The number of fused-ring (bicyclic) bond motifs is 11. The first kappa shape index (κ1) is 32.0. The van der Waals surface area contributed by atoms with Crippen molar-refractivity contribution in [3.63, 3.8) is 0 Å². The third kappa shape index (κ3) is 4.81. The molecule has 0 bridgehead atoms. The van der Waals surface area contributed by atoms with Crippen LogP contribution in [-0.4, -0.2) is 0 Å². The predicted molar refractivity (Wildman–Crippen MR) is 244 cm³/mol. The molecule has 12 rings (SSSR count). The Kier molecular flexibility index (Phi) is 7.09. The molecule has 0 fully saturated rings. The smallest absolute Gasteiger partial charge is 0.000728 e. The van der Waals surface area contributed by atoms with Gasteiger partial charge in [-0.05, 0) is 133 Å². The van der Waals surface area contributed by atoms with E-state index in [2.05, 4.69) is 206 Å². The van der Waals surface area contributed by atoms with Crippen molar-refractivity contribution < 1.29 is 0 Å². The zero-order valence-corrected chi connectivity index (χ0v) is 31.3. The minimum Gasteiger partial charge on any atom is -0.0622 e. The van der Waals surface area contributed by atoms with Gasteiger partial charge in [0.05, 0.1) is 0 Å². The Bertz CT molecular complexity index is 3330. The molecule has 0 heterocycles. The van der Waals surface area contributed by atoms with E-state index in [4.69, 9.17) is 0 Å². The van der Waals surface area contributed by atoms with Gasteiger partial charge in [-0.3, -0.25) is 0 Å². The highest BCUT2D eigenvalue weighted by Crippen LogP contribution is 2.51. The average molecular weight is 721 g/mol. The molecule has 11 aromatic rings. The first-order valence-electron chi connectivity index (χ1n) is 20.0. The number of hydrogen-bond donors (Lipinski definition) is 0. The summed E-state index contributed by atoms with van der Waals surface area (Å²) in [5.41, 5.74) is 15.6. The van der Waals surface area contributed by atoms with Crippen molar-refractivity contribution >= 4 is 53.9 Å². The highest BCUT2D eigenvalue weighted by atomic mass is 14.3. The molecule has 0 N–H and O–H groups in total. The molecule has 0 radical (unpaired) electrons. The van der Waals surface area contributed by atoms with Crippen LogP contribution in [0.15, 0.2) is 206 Å². The van der Waals surface area contributed by atoms with Gasteiger partial charge >= 0.3 is 0 Å². The fraction of sp³-hybridized carbons (Fsp3) is 0.0175. The van der Waals surface area contributed by atoms with E-state index in [9.17, 15) is 0 Å². The Morgan fingerprint density at radius 1 is 0.228 bits per heavy atom. The molecule has 0 heteroatoms. The van der Waals surface area contributed by atoms with Gasteiger partial charge < -0.3 is 0 Å². The van der Waals surface area contributed by atoms with Crippen LogP contribution in [0, 0.1) is 0 Å². The zero-order chi connectivity index (χ0) is 37.5. The van der Waals surface area contributed by atoms with Crippen LogP contribution in [0.5, 0.6) is 0 Å². The van der Waals surface area contributed by atoms with Crippen LogP contribution in [0.3, 0.4) is 0 Å². The SMILES string of the molecule is c1ccc(-c2cccc(-c3cccc4c3Cc3ccccc3-4)c2-c2c3ccccc3c(-c3ccc4c5ccccc5c5ccccc5c4c3)c3ccccc23)cc1. The second-order valence-electron chi connectivity index (χ2n) is 15.5. The molecule has 1 aliphatic carbocycles. The maximum Gasteiger partial charge on any atom is -0.000728 e. The normalized spacial score (nSPS) is 12.1. The molecule has 1 aliphatic rings. The lowest BCUT2D eigenvalue weighted by Gasteiger charge is -2.23. The summed E-state index contributed by atoms with van der Waals surface area (Å²) in [6.45, 7) is 0. The lowest BCUT2D eigenvalue weighted by Crippen LogP contribution is -1.97. The van der Waals surface area contributed by atoms with Gasteiger partial charge in [0.25, 0.3) is 0 Å². The molecule has 57 heavy (non-hydrogen) atoms. The quantitative estimate of drug-likeness (QED) is 0.125. The Hall–Kier alpha value is -7.28. The molecule has 264 valence electrons. The topological polar surface area (TPSA) is 0 Å². The molecule has 0 spiro atoms. The second kappa shape index (κ2) is 12.6. The van der Waals surface area contributed by atoms with Crippen LogP contribution >= 0.6 is 0 Å². The van der Waals surface area contributed by atoms with Gasteiger partial charge in [0.2, 0.25) is 0 Å². The Morgan fingerprint density at radius 3 is 1.30 bits per heavy atom. The summed E-state index contributed by atoms with van der Waals surface area (Å²) >= 11 is 0. The molecule has 0 atom stereocenters. The highest BCUT2D eigenvalue weighted by molar-refractivity contribution is 6.28. The van der Waals surface area contributed by atoms with Gasteiger partial charge in [0.1, 0.15) is 0 Å². The average Bonchev–Trinajstić information content (AvgIpc) is 3.67. The summed E-state index contributed by atoms with van der Waals surface area (Å²) in [6.07, 6.45) is 0.934. The maximum atomic E-state index is 2.45. The van der Waals surface area contributed by atoms with E-state index in [-0.39, 0.29) is 0 Å². The second-order valence-corrected chi connectivity index (χ2v) is 15.5. The third-order valence-electron chi connectivity index (χ3n) is 12.5. The van der Waals surface area contributed by atoms with Crippen LogP contribution in [-0.2, 0) is 6.42 Å². The Labute approximate surface area is 331 Å². The molecular formula is C57H36. The summed E-state index contributed by atoms with van der Waals surface area (Å²) in [6, 6.07) is 76.8. The van der Waals surface area contributed by atoms with E-state index in [1.54, 1.807) is 0 Å². The van der Waals surface area contributed by atoms with Crippen LogP contribution in [0.4, 0.5) is 0 Å². The van der Waals surface area contributed by atoms with E-state index < -0.39 is 0 Å². The molecule has 0 nitrogen and oxygen atoms in total. The summed E-state index contributed by atoms with van der Waals surface area (Å²) in [5.74, 6) is 0.